The van der Waals surface area contributed by atoms with E-state index in [2.05, 4.69) is 37.3 Å². The number of phenols is 1. The summed E-state index contributed by atoms with van der Waals surface area (Å²) >= 11 is 0. The summed E-state index contributed by atoms with van der Waals surface area (Å²) in [6.45, 7) is 2.15. The lowest BCUT2D eigenvalue weighted by molar-refractivity contribution is 0.476. The summed E-state index contributed by atoms with van der Waals surface area (Å²) in [7, 11) is 0. The van der Waals surface area contributed by atoms with E-state index in [1.165, 1.54) is 10.9 Å². The number of aromatic hydroxyl groups is 1. The Kier molecular flexibility index (Phi) is 3.81. The molecule has 1 N–H and O–H groups in total. The van der Waals surface area contributed by atoms with Crippen molar-refractivity contribution in [2.75, 3.05) is 0 Å². The van der Waals surface area contributed by atoms with Gasteiger partial charge in [0.2, 0.25) is 0 Å². The molecule has 0 amide bonds. The van der Waals surface area contributed by atoms with Crippen LogP contribution in [-0.4, -0.2) is 5.11 Å². The summed E-state index contributed by atoms with van der Waals surface area (Å²) in [5, 5.41) is 11.7. The van der Waals surface area contributed by atoms with Crippen LogP contribution in [0.5, 0.6) is 5.75 Å². The van der Waals surface area contributed by atoms with Crippen molar-refractivity contribution in [2.45, 2.75) is 26.2 Å². The number of aryl methyl sites for hydroxylation is 1. The first-order chi connectivity index (χ1) is 8.29. The third-order valence-electron chi connectivity index (χ3n) is 2.89. The average molecular weight is 226 g/mol. The van der Waals surface area contributed by atoms with Crippen molar-refractivity contribution in [1.82, 2.24) is 0 Å². The van der Waals surface area contributed by atoms with Gasteiger partial charge in [-0.15, -0.1) is 0 Å². The van der Waals surface area contributed by atoms with Crippen LogP contribution in [0.15, 0.2) is 48.6 Å². The number of hydrogen-bond donors (Lipinski definition) is 1. The molecule has 88 valence electrons. The fourth-order valence-corrected chi connectivity index (χ4v) is 1.97. The van der Waals surface area contributed by atoms with Gasteiger partial charge in [0.1, 0.15) is 5.75 Å². The van der Waals surface area contributed by atoms with E-state index in [-0.39, 0.29) is 0 Å². The van der Waals surface area contributed by atoms with E-state index < -0.39 is 0 Å². The molecule has 0 bridgehead atoms. The molecule has 0 fully saturated rings. The van der Waals surface area contributed by atoms with Crippen LogP contribution in [0, 0.1) is 0 Å². The minimum Gasteiger partial charge on any atom is -0.508 e. The molecular formula is C16H18O. The zero-order valence-electron chi connectivity index (χ0n) is 10.2. The van der Waals surface area contributed by atoms with E-state index in [9.17, 15) is 5.11 Å². The van der Waals surface area contributed by atoms with Crippen molar-refractivity contribution < 1.29 is 5.11 Å². The second kappa shape index (κ2) is 5.53. The van der Waals surface area contributed by atoms with Crippen molar-refractivity contribution in [1.29, 1.82) is 0 Å². The number of fused-ring (bicyclic) bond motifs is 1. The van der Waals surface area contributed by atoms with E-state index >= 15 is 0 Å². The van der Waals surface area contributed by atoms with E-state index in [1.807, 2.05) is 6.07 Å². The van der Waals surface area contributed by atoms with Crippen LogP contribution in [0.3, 0.4) is 0 Å². The zero-order valence-corrected chi connectivity index (χ0v) is 10.2. The number of allylic oxidation sites excluding steroid dienone is 2. The number of hydrogen-bond acceptors (Lipinski definition) is 1. The van der Waals surface area contributed by atoms with Gasteiger partial charge < -0.3 is 5.11 Å². The number of rotatable bonds is 4. The van der Waals surface area contributed by atoms with E-state index in [4.69, 9.17) is 0 Å². The minimum absolute atomic E-state index is 0.330. The van der Waals surface area contributed by atoms with Crippen molar-refractivity contribution in [3.05, 3.63) is 54.1 Å². The Morgan fingerprint density at radius 1 is 1.00 bits per heavy atom. The first kappa shape index (κ1) is 11.7. The second-order valence-electron chi connectivity index (χ2n) is 4.28. The van der Waals surface area contributed by atoms with Gasteiger partial charge in [0.05, 0.1) is 0 Å². The molecule has 0 atom stereocenters. The molecule has 0 saturated carbocycles. The summed E-state index contributed by atoms with van der Waals surface area (Å²) in [6, 6.07) is 11.9. The Balaban J connectivity index is 2.14. The summed E-state index contributed by atoms with van der Waals surface area (Å²) in [5.41, 5.74) is 1.35. The largest absolute Gasteiger partial charge is 0.508 e. The fraction of sp³-hybridized carbons (Fsp3) is 0.250. The lowest BCUT2D eigenvalue weighted by Crippen LogP contribution is -1.83. The smallest absolute Gasteiger partial charge is 0.116 e. The van der Waals surface area contributed by atoms with Gasteiger partial charge in [-0.25, -0.2) is 0 Å². The zero-order chi connectivity index (χ0) is 12.1. The maximum atomic E-state index is 9.39. The Morgan fingerprint density at radius 3 is 2.59 bits per heavy atom. The highest BCUT2D eigenvalue weighted by atomic mass is 16.3. The van der Waals surface area contributed by atoms with Crippen LogP contribution in [0.1, 0.15) is 25.3 Å². The maximum Gasteiger partial charge on any atom is 0.116 e. The van der Waals surface area contributed by atoms with Gasteiger partial charge in [-0.05, 0) is 47.7 Å². The van der Waals surface area contributed by atoms with Gasteiger partial charge in [0.25, 0.3) is 0 Å². The molecule has 0 radical (unpaired) electrons. The summed E-state index contributed by atoms with van der Waals surface area (Å²) in [5.74, 6) is 0.330. The van der Waals surface area contributed by atoms with Crippen LogP contribution >= 0.6 is 0 Å². The standard InChI is InChI=1S/C16H18O/c1-2-3-4-5-6-13-7-8-15-12-16(17)10-9-14(15)11-13/h3-4,7-12,17H,2,5-6H2,1H3. The molecule has 0 aliphatic rings. The van der Waals surface area contributed by atoms with Crippen molar-refractivity contribution >= 4 is 10.8 Å². The van der Waals surface area contributed by atoms with Gasteiger partial charge >= 0.3 is 0 Å². The molecule has 17 heavy (non-hydrogen) atoms. The first-order valence-corrected chi connectivity index (χ1v) is 6.16. The van der Waals surface area contributed by atoms with Gasteiger partial charge in [-0.2, -0.15) is 0 Å². The number of phenolic OH excluding ortho intramolecular Hbond substituents is 1. The fourth-order valence-electron chi connectivity index (χ4n) is 1.97. The van der Waals surface area contributed by atoms with E-state index in [0.717, 1.165) is 24.6 Å². The van der Waals surface area contributed by atoms with Crippen LogP contribution < -0.4 is 0 Å². The number of benzene rings is 2. The van der Waals surface area contributed by atoms with Crippen LogP contribution in [-0.2, 0) is 6.42 Å². The molecule has 0 aliphatic carbocycles. The van der Waals surface area contributed by atoms with Gasteiger partial charge in [-0.1, -0.05) is 43.3 Å². The molecule has 0 heterocycles. The molecule has 0 saturated heterocycles. The second-order valence-corrected chi connectivity index (χ2v) is 4.28. The highest BCUT2D eigenvalue weighted by molar-refractivity contribution is 5.84. The maximum absolute atomic E-state index is 9.39. The highest BCUT2D eigenvalue weighted by Crippen LogP contribution is 2.21. The molecule has 2 aromatic rings. The Morgan fingerprint density at radius 2 is 1.76 bits per heavy atom. The predicted molar refractivity (Wildman–Crippen MR) is 73.4 cm³/mol. The van der Waals surface area contributed by atoms with Crippen LogP contribution in [0.2, 0.25) is 0 Å². The molecular weight excluding hydrogens is 208 g/mol. The van der Waals surface area contributed by atoms with Crippen molar-refractivity contribution in [3.8, 4) is 5.75 Å². The Hall–Kier alpha value is -1.76. The Labute approximate surface area is 102 Å². The van der Waals surface area contributed by atoms with Crippen molar-refractivity contribution in [3.63, 3.8) is 0 Å². The van der Waals surface area contributed by atoms with Gasteiger partial charge in [-0.3, -0.25) is 0 Å². The molecule has 0 unspecified atom stereocenters. The van der Waals surface area contributed by atoms with Gasteiger partial charge in [0.15, 0.2) is 0 Å². The van der Waals surface area contributed by atoms with E-state index in [1.54, 1.807) is 12.1 Å². The quantitative estimate of drug-likeness (QED) is 0.764. The lowest BCUT2D eigenvalue weighted by atomic mass is 10.0. The molecule has 1 nitrogen and oxygen atoms in total. The summed E-state index contributed by atoms with van der Waals surface area (Å²) < 4.78 is 0. The molecule has 1 heteroatoms. The molecule has 0 aliphatic heterocycles. The molecule has 0 spiro atoms. The summed E-state index contributed by atoms with van der Waals surface area (Å²) in [6.07, 6.45) is 7.72. The van der Waals surface area contributed by atoms with Crippen LogP contribution in [0.25, 0.3) is 10.8 Å². The summed E-state index contributed by atoms with van der Waals surface area (Å²) in [4.78, 5) is 0. The lowest BCUT2D eigenvalue weighted by Gasteiger charge is -2.03. The highest BCUT2D eigenvalue weighted by Gasteiger charge is 1.97. The SMILES string of the molecule is CCC=CCCc1ccc2cc(O)ccc2c1. The first-order valence-electron chi connectivity index (χ1n) is 6.16. The molecule has 2 aromatic carbocycles. The van der Waals surface area contributed by atoms with Gasteiger partial charge in [0, 0.05) is 0 Å². The van der Waals surface area contributed by atoms with Crippen LogP contribution in [0.4, 0.5) is 0 Å². The predicted octanol–water partition coefficient (Wildman–Crippen LogP) is 4.44. The third-order valence-corrected chi connectivity index (χ3v) is 2.89. The normalized spacial score (nSPS) is 11.4. The van der Waals surface area contributed by atoms with E-state index in [0.29, 0.717) is 5.75 Å². The Bertz CT molecular complexity index is 526. The molecule has 0 aromatic heterocycles. The monoisotopic (exact) mass is 226 g/mol. The van der Waals surface area contributed by atoms with Crippen molar-refractivity contribution in [2.24, 2.45) is 0 Å². The minimum atomic E-state index is 0.330. The average Bonchev–Trinajstić information content (AvgIpc) is 2.35. The molecule has 2 rings (SSSR count). The third kappa shape index (κ3) is 3.10. The topological polar surface area (TPSA) is 20.2 Å².